The summed E-state index contributed by atoms with van der Waals surface area (Å²) in [5.41, 5.74) is 0.486. The van der Waals surface area contributed by atoms with E-state index in [0.717, 1.165) is 12.8 Å². The fourth-order valence-corrected chi connectivity index (χ4v) is 2.42. The van der Waals surface area contributed by atoms with E-state index in [9.17, 15) is 14.4 Å². The fraction of sp³-hybridized carbons (Fsp3) is 0.294. The van der Waals surface area contributed by atoms with Gasteiger partial charge in [-0.1, -0.05) is 11.6 Å². The van der Waals surface area contributed by atoms with Crippen molar-refractivity contribution in [2.75, 3.05) is 6.54 Å². The molecule has 0 unspecified atom stereocenters. The maximum Gasteiger partial charge on any atom is 0.276 e. The van der Waals surface area contributed by atoms with Gasteiger partial charge in [0.2, 0.25) is 11.3 Å². The molecule has 2 aromatic rings. The van der Waals surface area contributed by atoms with Gasteiger partial charge in [-0.25, -0.2) is 4.68 Å². The number of nitrogens with one attached hydrogen (secondary N) is 2. The molecule has 3 rings (SSSR count). The van der Waals surface area contributed by atoms with Gasteiger partial charge in [-0.15, -0.1) is 0 Å². The minimum atomic E-state index is -0.682. The number of hydrogen-bond acceptors (Lipinski definition) is 4. The molecular formula is C17H17ClN4O3. The Morgan fingerprint density at radius 3 is 2.60 bits per heavy atom. The lowest BCUT2D eigenvalue weighted by molar-refractivity contribution is -0.120. The highest BCUT2D eigenvalue weighted by molar-refractivity contribution is 6.30. The largest absolute Gasteiger partial charge is 0.352 e. The Balaban J connectivity index is 1.79. The van der Waals surface area contributed by atoms with Crippen LogP contribution in [0.15, 0.2) is 35.1 Å². The molecule has 1 aliphatic rings. The Morgan fingerprint density at radius 2 is 1.96 bits per heavy atom. The molecule has 0 bridgehead atoms. The maximum absolute atomic E-state index is 12.2. The first-order valence-corrected chi connectivity index (χ1v) is 8.26. The van der Waals surface area contributed by atoms with Gasteiger partial charge < -0.3 is 10.6 Å². The van der Waals surface area contributed by atoms with E-state index in [2.05, 4.69) is 15.7 Å². The lowest BCUT2D eigenvalue weighted by atomic mass is 10.2. The minimum Gasteiger partial charge on any atom is -0.352 e. The smallest absolute Gasteiger partial charge is 0.276 e. The average molecular weight is 361 g/mol. The highest BCUT2D eigenvalue weighted by Crippen LogP contribution is 2.18. The van der Waals surface area contributed by atoms with Crippen LogP contribution in [0.3, 0.4) is 0 Å². The van der Waals surface area contributed by atoms with Crippen LogP contribution < -0.4 is 16.1 Å². The van der Waals surface area contributed by atoms with E-state index in [1.54, 1.807) is 31.2 Å². The number of carbonyl (C=O) groups excluding carboxylic acids is 2. The standard InChI is InChI=1S/C17H17ClN4O3/c1-10-8-14(23)16(17(25)19-9-15(24)20-12-4-5-12)21-22(10)13-6-2-11(18)3-7-13/h2-3,6-8,12H,4-5,9H2,1H3,(H,19,25)(H,20,24). The second-order valence-electron chi connectivity index (χ2n) is 5.91. The first kappa shape index (κ1) is 17.2. The number of aromatic nitrogens is 2. The van der Waals surface area contributed by atoms with Crippen molar-refractivity contribution in [3.8, 4) is 5.69 Å². The second-order valence-corrected chi connectivity index (χ2v) is 6.35. The number of aryl methyl sites for hydroxylation is 1. The number of hydrogen-bond donors (Lipinski definition) is 2. The number of carbonyl (C=O) groups is 2. The van der Waals surface area contributed by atoms with Crippen molar-refractivity contribution in [3.63, 3.8) is 0 Å². The third kappa shape index (κ3) is 4.24. The van der Waals surface area contributed by atoms with E-state index in [4.69, 9.17) is 11.6 Å². The quantitative estimate of drug-likeness (QED) is 0.838. The predicted molar refractivity (Wildman–Crippen MR) is 93.1 cm³/mol. The van der Waals surface area contributed by atoms with E-state index in [-0.39, 0.29) is 24.2 Å². The summed E-state index contributed by atoms with van der Waals surface area (Å²) in [6.07, 6.45) is 1.93. The highest BCUT2D eigenvalue weighted by atomic mass is 35.5. The Kier molecular flexibility index (Phi) is 4.85. The topological polar surface area (TPSA) is 93.1 Å². The van der Waals surface area contributed by atoms with E-state index in [0.29, 0.717) is 16.4 Å². The number of amides is 2. The first-order chi connectivity index (χ1) is 11.9. The van der Waals surface area contributed by atoms with Gasteiger partial charge in [-0.2, -0.15) is 5.10 Å². The number of rotatable bonds is 5. The summed E-state index contributed by atoms with van der Waals surface area (Å²) < 4.78 is 1.48. The Morgan fingerprint density at radius 1 is 1.28 bits per heavy atom. The van der Waals surface area contributed by atoms with Gasteiger partial charge in [0.1, 0.15) is 0 Å². The average Bonchev–Trinajstić information content (AvgIpc) is 3.38. The highest BCUT2D eigenvalue weighted by Gasteiger charge is 2.23. The zero-order chi connectivity index (χ0) is 18.0. The van der Waals surface area contributed by atoms with E-state index in [1.807, 2.05) is 0 Å². The lowest BCUT2D eigenvalue weighted by Gasteiger charge is -2.11. The maximum atomic E-state index is 12.2. The summed E-state index contributed by atoms with van der Waals surface area (Å²) >= 11 is 5.88. The van der Waals surface area contributed by atoms with E-state index >= 15 is 0 Å². The molecule has 7 nitrogen and oxygen atoms in total. The zero-order valence-electron chi connectivity index (χ0n) is 13.6. The van der Waals surface area contributed by atoms with Gasteiger partial charge in [0.05, 0.1) is 12.2 Å². The summed E-state index contributed by atoms with van der Waals surface area (Å²) in [7, 11) is 0. The van der Waals surface area contributed by atoms with E-state index < -0.39 is 11.3 Å². The third-order valence-electron chi connectivity index (χ3n) is 3.75. The lowest BCUT2D eigenvalue weighted by Crippen LogP contribution is -2.40. The normalized spacial score (nSPS) is 13.4. The molecule has 1 heterocycles. The molecule has 130 valence electrons. The first-order valence-electron chi connectivity index (χ1n) is 7.88. The van der Waals surface area contributed by atoms with Crippen LogP contribution in [0, 0.1) is 6.92 Å². The molecule has 0 radical (unpaired) electrons. The van der Waals surface area contributed by atoms with Crippen molar-refractivity contribution in [2.45, 2.75) is 25.8 Å². The Hall–Kier alpha value is -2.67. The van der Waals surface area contributed by atoms with Gasteiger partial charge >= 0.3 is 0 Å². The van der Waals surface area contributed by atoms with Crippen LogP contribution in [-0.2, 0) is 4.79 Å². The Labute approximate surface area is 149 Å². The number of halogens is 1. The summed E-state index contributed by atoms with van der Waals surface area (Å²) in [6.45, 7) is 1.53. The summed E-state index contributed by atoms with van der Waals surface area (Å²) in [5.74, 6) is -0.959. The predicted octanol–water partition coefficient (Wildman–Crippen LogP) is 1.20. The van der Waals surface area contributed by atoms with Crippen LogP contribution in [-0.4, -0.2) is 34.2 Å². The van der Waals surface area contributed by atoms with Crippen molar-refractivity contribution in [3.05, 3.63) is 57.0 Å². The molecule has 1 aromatic heterocycles. The molecule has 0 aliphatic heterocycles. The van der Waals surface area contributed by atoms with Crippen LogP contribution in [0.4, 0.5) is 0 Å². The monoisotopic (exact) mass is 360 g/mol. The molecule has 2 N–H and O–H groups in total. The number of nitrogens with zero attached hydrogens (tertiary/aromatic N) is 2. The van der Waals surface area contributed by atoms with Crippen molar-refractivity contribution in [1.82, 2.24) is 20.4 Å². The Bertz CT molecular complexity index is 872. The summed E-state index contributed by atoms with van der Waals surface area (Å²) in [4.78, 5) is 36.0. The third-order valence-corrected chi connectivity index (χ3v) is 4.00. The van der Waals surface area contributed by atoms with Crippen LogP contribution in [0.2, 0.25) is 5.02 Å². The van der Waals surface area contributed by atoms with Gasteiger partial charge in [0.25, 0.3) is 5.91 Å². The zero-order valence-corrected chi connectivity index (χ0v) is 14.3. The fourth-order valence-electron chi connectivity index (χ4n) is 2.30. The summed E-state index contributed by atoms with van der Waals surface area (Å²) in [5, 5.41) is 9.90. The van der Waals surface area contributed by atoms with Gasteiger partial charge in [0.15, 0.2) is 5.69 Å². The van der Waals surface area contributed by atoms with E-state index in [1.165, 1.54) is 10.7 Å². The molecule has 0 saturated heterocycles. The van der Waals surface area contributed by atoms with Gasteiger partial charge in [-0.3, -0.25) is 14.4 Å². The summed E-state index contributed by atoms with van der Waals surface area (Å²) in [6, 6.07) is 8.40. The molecule has 25 heavy (non-hydrogen) atoms. The minimum absolute atomic E-state index is 0.189. The van der Waals surface area contributed by atoms with Crippen LogP contribution in [0.25, 0.3) is 5.69 Å². The molecule has 2 amide bonds. The van der Waals surface area contributed by atoms with Crippen LogP contribution in [0.1, 0.15) is 29.0 Å². The molecule has 1 fully saturated rings. The SMILES string of the molecule is Cc1cc(=O)c(C(=O)NCC(=O)NC2CC2)nn1-c1ccc(Cl)cc1. The van der Waals surface area contributed by atoms with Crippen LogP contribution >= 0.6 is 11.6 Å². The number of benzene rings is 1. The second kappa shape index (κ2) is 7.06. The van der Waals surface area contributed by atoms with Crippen LogP contribution in [0.5, 0.6) is 0 Å². The molecule has 1 aromatic carbocycles. The van der Waals surface area contributed by atoms with Gasteiger partial charge in [-0.05, 0) is 44.0 Å². The van der Waals surface area contributed by atoms with Crippen molar-refractivity contribution >= 4 is 23.4 Å². The molecule has 0 spiro atoms. The molecule has 1 saturated carbocycles. The van der Waals surface area contributed by atoms with Gasteiger partial charge in [0, 0.05) is 22.8 Å². The molecular weight excluding hydrogens is 344 g/mol. The molecule has 0 atom stereocenters. The van der Waals surface area contributed by atoms with Crippen molar-refractivity contribution in [2.24, 2.45) is 0 Å². The van der Waals surface area contributed by atoms with Crippen molar-refractivity contribution < 1.29 is 9.59 Å². The molecule has 1 aliphatic carbocycles. The van der Waals surface area contributed by atoms with Crippen molar-refractivity contribution in [1.29, 1.82) is 0 Å². The molecule has 8 heteroatoms.